The molecule has 0 aromatic carbocycles. The van der Waals surface area contributed by atoms with Crippen LogP contribution in [0.1, 0.15) is 32.6 Å². The van der Waals surface area contributed by atoms with Crippen LogP contribution in [0.2, 0.25) is 0 Å². The molecule has 82 valence electrons. The second kappa shape index (κ2) is 5.03. The highest BCUT2D eigenvalue weighted by Gasteiger charge is 2.45. The molecule has 1 aliphatic carbocycles. The molecule has 0 radical (unpaired) electrons. The summed E-state index contributed by atoms with van der Waals surface area (Å²) in [6.07, 6.45) is 4.03. The minimum absolute atomic E-state index is 0.269. The molecule has 1 aliphatic rings. The lowest BCUT2D eigenvalue weighted by atomic mass is 9.79. The first-order valence-corrected chi connectivity index (χ1v) is 6.19. The van der Waals surface area contributed by atoms with Gasteiger partial charge in [-0.25, -0.2) is 0 Å². The van der Waals surface area contributed by atoms with E-state index in [1.807, 2.05) is 0 Å². The van der Waals surface area contributed by atoms with Crippen molar-refractivity contribution in [2.24, 2.45) is 11.7 Å². The van der Waals surface area contributed by atoms with Gasteiger partial charge in [-0.15, -0.1) is 11.8 Å². The average Bonchev–Trinajstić information content (AvgIpc) is 2.16. The van der Waals surface area contributed by atoms with E-state index >= 15 is 0 Å². The lowest BCUT2D eigenvalue weighted by molar-refractivity contribution is -0.142. The zero-order chi connectivity index (χ0) is 10.6. The summed E-state index contributed by atoms with van der Waals surface area (Å²) >= 11 is 1.54. The lowest BCUT2D eigenvalue weighted by Crippen LogP contribution is -2.44. The Bertz CT molecular complexity index is 210. The Morgan fingerprint density at radius 1 is 1.64 bits per heavy atom. The standard InChI is InChI=1S/C10H19NO2S/c1-8-4-2-3-5-10(8,9(12)13)14-7-6-11/h8H,2-7,11H2,1H3,(H,12,13). The first kappa shape index (κ1) is 11.9. The van der Waals surface area contributed by atoms with Crippen LogP contribution >= 0.6 is 11.8 Å². The molecule has 3 N–H and O–H groups in total. The van der Waals surface area contributed by atoms with Gasteiger partial charge in [-0.1, -0.05) is 19.8 Å². The molecule has 0 aliphatic heterocycles. The Hall–Kier alpha value is -0.220. The van der Waals surface area contributed by atoms with Crippen LogP contribution in [-0.2, 0) is 4.79 Å². The molecule has 0 heterocycles. The fraction of sp³-hybridized carbons (Fsp3) is 0.900. The topological polar surface area (TPSA) is 63.3 Å². The van der Waals surface area contributed by atoms with Gasteiger partial charge < -0.3 is 10.8 Å². The predicted molar refractivity (Wildman–Crippen MR) is 59.5 cm³/mol. The molecule has 1 saturated carbocycles. The summed E-state index contributed by atoms with van der Waals surface area (Å²) < 4.78 is -0.558. The molecule has 0 bridgehead atoms. The van der Waals surface area contributed by atoms with E-state index in [2.05, 4.69) is 6.92 Å². The minimum atomic E-state index is -0.650. The Labute approximate surface area is 89.4 Å². The molecular weight excluding hydrogens is 198 g/mol. The van der Waals surface area contributed by atoms with Crippen LogP contribution in [0.4, 0.5) is 0 Å². The van der Waals surface area contributed by atoms with Gasteiger partial charge in [0.1, 0.15) is 4.75 Å². The molecule has 14 heavy (non-hydrogen) atoms. The van der Waals surface area contributed by atoms with Gasteiger partial charge >= 0.3 is 5.97 Å². The number of carboxylic acids is 1. The molecular formula is C10H19NO2S. The van der Waals surface area contributed by atoms with Gasteiger partial charge in [0.05, 0.1) is 0 Å². The van der Waals surface area contributed by atoms with Gasteiger partial charge in [-0.3, -0.25) is 4.79 Å². The van der Waals surface area contributed by atoms with Crippen molar-refractivity contribution >= 4 is 17.7 Å². The van der Waals surface area contributed by atoms with Crippen molar-refractivity contribution in [1.82, 2.24) is 0 Å². The Kier molecular flexibility index (Phi) is 4.26. The van der Waals surface area contributed by atoms with E-state index < -0.39 is 10.7 Å². The zero-order valence-corrected chi connectivity index (χ0v) is 9.48. The van der Waals surface area contributed by atoms with Crippen LogP contribution in [0.3, 0.4) is 0 Å². The third-order valence-corrected chi connectivity index (χ3v) is 4.81. The van der Waals surface area contributed by atoms with Crippen LogP contribution in [-0.4, -0.2) is 28.1 Å². The van der Waals surface area contributed by atoms with Crippen LogP contribution < -0.4 is 5.73 Å². The van der Waals surface area contributed by atoms with Crippen molar-refractivity contribution in [3.05, 3.63) is 0 Å². The van der Waals surface area contributed by atoms with Gasteiger partial charge in [-0.2, -0.15) is 0 Å². The van der Waals surface area contributed by atoms with E-state index in [0.717, 1.165) is 25.0 Å². The van der Waals surface area contributed by atoms with E-state index in [-0.39, 0.29) is 5.92 Å². The van der Waals surface area contributed by atoms with Crippen LogP contribution in [0, 0.1) is 5.92 Å². The number of nitrogens with two attached hydrogens (primary N) is 1. The Morgan fingerprint density at radius 2 is 2.36 bits per heavy atom. The molecule has 0 amide bonds. The predicted octanol–water partition coefficient (Wildman–Crippen LogP) is 1.71. The molecule has 4 heteroatoms. The molecule has 2 atom stereocenters. The second-order valence-corrected chi connectivity index (χ2v) is 5.40. The monoisotopic (exact) mass is 217 g/mol. The summed E-state index contributed by atoms with van der Waals surface area (Å²) in [7, 11) is 0. The van der Waals surface area contributed by atoms with Crippen molar-refractivity contribution in [3.63, 3.8) is 0 Å². The number of carbonyl (C=O) groups is 1. The summed E-state index contributed by atoms with van der Waals surface area (Å²) in [5.41, 5.74) is 5.44. The van der Waals surface area contributed by atoms with Crippen LogP contribution in [0.15, 0.2) is 0 Å². The molecule has 0 saturated heterocycles. The lowest BCUT2D eigenvalue weighted by Gasteiger charge is -2.38. The number of hydrogen-bond acceptors (Lipinski definition) is 3. The summed E-state index contributed by atoms with van der Waals surface area (Å²) in [5.74, 6) is 0.366. The highest BCUT2D eigenvalue weighted by atomic mass is 32.2. The third-order valence-electron chi connectivity index (χ3n) is 3.07. The quantitative estimate of drug-likeness (QED) is 0.752. The van der Waals surface area contributed by atoms with Gasteiger partial charge in [-0.05, 0) is 18.8 Å². The van der Waals surface area contributed by atoms with Crippen molar-refractivity contribution in [1.29, 1.82) is 0 Å². The number of hydrogen-bond donors (Lipinski definition) is 2. The fourth-order valence-corrected chi connectivity index (χ4v) is 3.45. The number of rotatable bonds is 4. The number of thioether (sulfide) groups is 1. The average molecular weight is 217 g/mol. The highest BCUT2D eigenvalue weighted by Crippen LogP contribution is 2.44. The van der Waals surface area contributed by atoms with E-state index in [1.54, 1.807) is 0 Å². The molecule has 3 nitrogen and oxygen atoms in total. The summed E-state index contributed by atoms with van der Waals surface area (Å²) in [6, 6.07) is 0. The van der Waals surface area contributed by atoms with Crippen LogP contribution in [0.25, 0.3) is 0 Å². The summed E-state index contributed by atoms with van der Waals surface area (Å²) in [5, 5.41) is 9.32. The Morgan fingerprint density at radius 3 is 2.86 bits per heavy atom. The van der Waals surface area contributed by atoms with Crippen molar-refractivity contribution in [2.45, 2.75) is 37.4 Å². The molecule has 1 fully saturated rings. The number of carboxylic acid groups (broad SMARTS) is 1. The first-order chi connectivity index (χ1) is 6.63. The van der Waals surface area contributed by atoms with Gasteiger partial charge in [0.15, 0.2) is 0 Å². The molecule has 0 aromatic heterocycles. The summed E-state index contributed by atoms with van der Waals surface area (Å²) in [6.45, 7) is 2.61. The van der Waals surface area contributed by atoms with E-state index in [9.17, 15) is 9.90 Å². The van der Waals surface area contributed by atoms with E-state index in [4.69, 9.17) is 5.73 Å². The maximum Gasteiger partial charge on any atom is 0.320 e. The van der Waals surface area contributed by atoms with Gasteiger partial charge in [0, 0.05) is 12.3 Å². The maximum absolute atomic E-state index is 11.3. The maximum atomic E-state index is 11.3. The third kappa shape index (κ3) is 2.23. The molecule has 0 spiro atoms. The largest absolute Gasteiger partial charge is 0.480 e. The molecule has 1 rings (SSSR count). The second-order valence-electron chi connectivity index (χ2n) is 3.98. The van der Waals surface area contributed by atoms with Crippen molar-refractivity contribution in [2.75, 3.05) is 12.3 Å². The number of aliphatic carboxylic acids is 1. The van der Waals surface area contributed by atoms with Crippen LogP contribution in [0.5, 0.6) is 0 Å². The first-order valence-electron chi connectivity index (χ1n) is 5.21. The minimum Gasteiger partial charge on any atom is -0.480 e. The summed E-state index contributed by atoms with van der Waals surface area (Å²) in [4.78, 5) is 11.3. The van der Waals surface area contributed by atoms with Gasteiger partial charge in [0.25, 0.3) is 0 Å². The zero-order valence-electron chi connectivity index (χ0n) is 8.66. The normalized spacial score (nSPS) is 32.9. The SMILES string of the molecule is CC1CCCCC1(SCCN)C(=O)O. The fourth-order valence-electron chi connectivity index (χ4n) is 2.15. The van der Waals surface area contributed by atoms with Gasteiger partial charge in [0.2, 0.25) is 0 Å². The molecule has 0 aromatic rings. The highest BCUT2D eigenvalue weighted by molar-refractivity contribution is 8.01. The van der Waals surface area contributed by atoms with Crippen molar-refractivity contribution in [3.8, 4) is 0 Å². The van der Waals surface area contributed by atoms with E-state index in [0.29, 0.717) is 6.54 Å². The van der Waals surface area contributed by atoms with Crippen molar-refractivity contribution < 1.29 is 9.90 Å². The van der Waals surface area contributed by atoms with E-state index in [1.165, 1.54) is 18.2 Å². The Balaban J connectivity index is 2.72. The molecule has 2 unspecified atom stereocenters. The smallest absolute Gasteiger partial charge is 0.320 e.